The van der Waals surface area contributed by atoms with Gasteiger partial charge in [0.05, 0.1) is 4.47 Å². The van der Waals surface area contributed by atoms with Gasteiger partial charge in [0.1, 0.15) is 11.7 Å². The minimum atomic E-state index is 0.385. The number of hydrogen-bond donors (Lipinski definition) is 2. The van der Waals surface area contributed by atoms with Gasteiger partial charge in [-0.15, -0.1) is 0 Å². The number of benzene rings is 3. The van der Waals surface area contributed by atoms with Crippen molar-refractivity contribution in [1.29, 1.82) is 0 Å². The number of nitrogens with one attached hydrogen (secondary N) is 1. The largest absolute Gasteiger partial charge is 0.384 e. The summed E-state index contributed by atoms with van der Waals surface area (Å²) >= 11 is 3.64. The predicted octanol–water partition coefficient (Wildman–Crippen LogP) is 9.23. The van der Waals surface area contributed by atoms with Crippen LogP contribution < -0.4 is 10.6 Å². The molecule has 0 saturated heterocycles. The van der Waals surface area contributed by atoms with Crippen LogP contribution in [0, 0.1) is 0 Å². The lowest BCUT2D eigenvalue weighted by atomic mass is 10.0. The molecule has 0 aliphatic heterocycles. The summed E-state index contributed by atoms with van der Waals surface area (Å²) in [4.78, 5) is 9.30. The van der Waals surface area contributed by atoms with Crippen molar-refractivity contribution in [3.63, 3.8) is 0 Å². The molecule has 1 unspecified atom stereocenters. The van der Waals surface area contributed by atoms with Crippen LogP contribution in [0.4, 0.5) is 11.5 Å². The number of amidine groups is 1. The van der Waals surface area contributed by atoms with E-state index in [1.165, 1.54) is 16.7 Å². The fraction of sp³-hybridized carbons (Fsp3) is 0.147. The predicted molar refractivity (Wildman–Crippen MR) is 173 cm³/mol. The lowest BCUT2D eigenvalue weighted by Gasteiger charge is -2.25. The van der Waals surface area contributed by atoms with E-state index in [-0.39, 0.29) is 0 Å². The summed E-state index contributed by atoms with van der Waals surface area (Å²) < 4.78 is 1.01. The Morgan fingerprint density at radius 1 is 0.974 bits per heavy atom. The average molecular weight is 582 g/mol. The van der Waals surface area contributed by atoms with E-state index in [1.807, 2.05) is 75.5 Å². The molecule has 0 spiro atoms. The Balaban J connectivity index is 0.000000294. The molecule has 200 valence electrons. The van der Waals surface area contributed by atoms with Crippen molar-refractivity contribution in [2.45, 2.75) is 26.7 Å². The van der Waals surface area contributed by atoms with Crippen molar-refractivity contribution in [3.05, 3.63) is 149 Å². The zero-order chi connectivity index (χ0) is 28.2. The number of aromatic amines is 1. The third kappa shape index (κ3) is 7.71. The van der Waals surface area contributed by atoms with E-state index in [0.717, 1.165) is 27.2 Å². The summed E-state index contributed by atoms with van der Waals surface area (Å²) in [7, 11) is 1.68. The molecule has 4 nitrogen and oxygen atoms in total. The summed E-state index contributed by atoms with van der Waals surface area (Å²) in [6.45, 7) is 10.3. The molecule has 0 saturated carbocycles. The van der Waals surface area contributed by atoms with E-state index >= 15 is 0 Å². The Kier molecular flexibility index (Phi) is 11.1. The summed E-state index contributed by atoms with van der Waals surface area (Å²) in [6.07, 6.45) is 8.27. The zero-order valence-corrected chi connectivity index (χ0v) is 24.7. The molecule has 39 heavy (non-hydrogen) atoms. The van der Waals surface area contributed by atoms with Crippen molar-refractivity contribution in [1.82, 2.24) is 4.98 Å². The second kappa shape index (κ2) is 14.7. The third-order valence-electron chi connectivity index (χ3n) is 6.02. The van der Waals surface area contributed by atoms with E-state index in [2.05, 4.69) is 98.1 Å². The Morgan fingerprint density at radius 3 is 2.23 bits per heavy atom. The number of halogens is 1. The molecule has 3 aromatic carbocycles. The lowest BCUT2D eigenvalue weighted by molar-refractivity contribution is 1.14. The minimum Gasteiger partial charge on any atom is -0.384 e. The topological polar surface area (TPSA) is 57.4 Å². The molecule has 1 aromatic heterocycles. The van der Waals surface area contributed by atoms with E-state index in [1.54, 1.807) is 7.05 Å². The van der Waals surface area contributed by atoms with Gasteiger partial charge in [-0.25, -0.2) is 0 Å². The molecule has 1 aliphatic carbocycles. The van der Waals surface area contributed by atoms with Crippen LogP contribution in [0.5, 0.6) is 0 Å². The Hall–Kier alpha value is -4.09. The Bertz CT molecular complexity index is 1430. The molecule has 1 heterocycles. The maximum absolute atomic E-state index is 5.54. The second-order valence-corrected chi connectivity index (χ2v) is 9.39. The van der Waals surface area contributed by atoms with Crippen LogP contribution >= 0.6 is 15.9 Å². The zero-order valence-electron chi connectivity index (χ0n) is 23.1. The van der Waals surface area contributed by atoms with Gasteiger partial charge in [-0.1, -0.05) is 105 Å². The molecule has 0 bridgehead atoms. The number of hydrogen-bond acceptors (Lipinski definition) is 2. The third-order valence-corrected chi connectivity index (χ3v) is 6.66. The first-order valence-electron chi connectivity index (χ1n) is 13.1. The van der Waals surface area contributed by atoms with Crippen LogP contribution in [0.1, 0.15) is 43.4 Å². The van der Waals surface area contributed by atoms with Gasteiger partial charge in [0.15, 0.2) is 0 Å². The molecular weight excluding hydrogens is 544 g/mol. The second-order valence-electron chi connectivity index (χ2n) is 8.54. The lowest BCUT2D eigenvalue weighted by Crippen LogP contribution is -2.15. The first-order valence-corrected chi connectivity index (χ1v) is 13.9. The fourth-order valence-electron chi connectivity index (χ4n) is 4.13. The summed E-state index contributed by atoms with van der Waals surface area (Å²) in [5, 5.41) is 0. The van der Waals surface area contributed by atoms with Gasteiger partial charge in [-0.05, 0) is 63.8 Å². The summed E-state index contributed by atoms with van der Waals surface area (Å²) in [5.41, 5.74) is 12.5. The number of rotatable bonds is 7. The molecule has 5 heteroatoms. The average Bonchev–Trinajstić information content (AvgIpc) is 3.70. The van der Waals surface area contributed by atoms with Crippen molar-refractivity contribution in [2.75, 3.05) is 11.9 Å². The van der Waals surface area contributed by atoms with E-state index in [0.29, 0.717) is 11.8 Å². The summed E-state index contributed by atoms with van der Waals surface area (Å²) in [6, 6.07) is 31.0. The molecule has 0 amide bonds. The standard InChI is InChI=1S/C24H21BrN2.C8H10N2.C2H6/c1-3-8-17(2)27(24-23(25)13-14-26-24)20-12-7-11-19(15-20)22-16-21(22)18-9-5-4-6-10-18;1-10-8(9)7-5-3-2-4-6-7;1-2/h3-16,22,26H,2H2,1H3;2-6H,1H3,(H2,9,10);1-2H3/b8-3-;;. The number of nitrogens with two attached hydrogens (primary N) is 1. The van der Waals surface area contributed by atoms with Crippen LogP contribution in [0.25, 0.3) is 5.57 Å². The molecule has 3 N–H and O–H groups in total. The highest BCUT2D eigenvalue weighted by atomic mass is 79.9. The normalized spacial score (nSPS) is 13.9. The van der Waals surface area contributed by atoms with E-state index in [4.69, 9.17) is 5.73 Å². The van der Waals surface area contributed by atoms with E-state index in [9.17, 15) is 0 Å². The van der Waals surface area contributed by atoms with Gasteiger partial charge < -0.3 is 10.7 Å². The van der Waals surface area contributed by atoms with Crippen LogP contribution in [0.3, 0.4) is 0 Å². The molecule has 4 aromatic rings. The molecule has 5 rings (SSSR count). The molecule has 1 aliphatic rings. The quantitative estimate of drug-likeness (QED) is 0.130. The maximum Gasteiger partial charge on any atom is 0.129 e. The van der Waals surface area contributed by atoms with E-state index < -0.39 is 0 Å². The smallest absolute Gasteiger partial charge is 0.129 e. The Labute approximate surface area is 241 Å². The van der Waals surface area contributed by atoms with Gasteiger partial charge >= 0.3 is 0 Å². The van der Waals surface area contributed by atoms with Crippen LogP contribution in [0.2, 0.25) is 0 Å². The monoisotopic (exact) mass is 580 g/mol. The number of aliphatic imine (C=N–C) groups is 1. The molecule has 1 atom stereocenters. The van der Waals surface area contributed by atoms with Crippen LogP contribution in [-0.4, -0.2) is 17.9 Å². The summed E-state index contributed by atoms with van der Waals surface area (Å²) in [5.74, 6) is 1.94. The highest BCUT2D eigenvalue weighted by Gasteiger charge is 2.28. The number of H-pyrrole nitrogens is 1. The fourth-order valence-corrected chi connectivity index (χ4v) is 4.55. The number of nitrogens with zero attached hydrogens (tertiary/aromatic N) is 2. The Morgan fingerprint density at radius 2 is 1.64 bits per heavy atom. The first kappa shape index (κ1) is 29.5. The van der Waals surface area contributed by atoms with Crippen LogP contribution in [0.15, 0.2) is 137 Å². The first-order chi connectivity index (χ1) is 19.0. The highest BCUT2D eigenvalue weighted by Crippen LogP contribution is 2.47. The SMILES string of the molecule is C=C(/C=C\C)N(c1cccc(C2C=C2c2ccccc2)c1)c1[nH]ccc1Br.CC.CN=C(N)c1ccccc1. The van der Waals surface area contributed by atoms with Crippen molar-refractivity contribution < 1.29 is 0 Å². The van der Waals surface area contributed by atoms with Gasteiger partial charge in [0.25, 0.3) is 0 Å². The van der Waals surface area contributed by atoms with Crippen molar-refractivity contribution in [3.8, 4) is 0 Å². The molecule has 0 fully saturated rings. The van der Waals surface area contributed by atoms with Crippen LogP contribution in [-0.2, 0) is 0 Å². The van der Waals surface area contributed by atoms with Crippen molar-refractivity contribution in [2.24, 2.45) is 10.7 Å². The molecule has 0 radical (unpaired) electrons. The van der Waals surface area contributed by atoms with Gasteiger partial charge in [-0.2, -0.15) is 0 Å². The number of allylic oxidation sites excluding steroid dienone is 4. The van der Waals surface area contributed by atoms with Gasteiger partial charge in [0.2, 0.25) is 0 Å². The number of aromatic nitrogens is 1. The van der Waals surface area contributed by atoms with Gasteiger partial charge in [-0.3, -0.25) is 9.89 Å². The maximum atomic E-state index is 5.54. The molecular formula is C34H37BrN4. The van der Waals surface area contributed by atoms with Crippen molar-refractivity contribution >= 4 is 38.8 Å². The highest BCUT2D eigenvalue weighted by molar-refractivity contribution is 9.10. The van der Waals surface area contributed by atoms with Gasteiger partial charge in [0, 0.05) is 36.1 Å². The minimum absolute atomic E-state index is 0.385. The number of anilines is 2.